The molecule has 106 valence electrons. The fourth-order valence-corrected chi connectivity index (χ4v) is 2.36. The van der Waals surface area contributed by atoms with Crippen molar-refractivity contribution in [2.75, 3.05) is 0 Å². The largest absolute Gasteiger partial charge is 0.339 e. The summed E-state index contributed by atoms with van der Waals surface area (Å²) in [5.74, 6) is 2.28. The molecular formula is C19H13FN2. The van der Waals surface area contributed by atoms with Gasteiger partial charge in [-0.15, -0.1) is 6.42 Å². The van der Waals surface area contributed by atoms with Gasteiger partial charge < -0.3 is 4.98 Å². The standard InChI is InChI=1S/C19H13FN2/c1-2-16-17(13-6-4-3-5-7-13)12-18(22-19(16)21)14-8-10-15(20)11-9-14/h1,3-12H,(H2,21,22). The summed E-state index contributed by atoms with van der Waals surface area (Å²) in [5, 5.41) is 8.12. The minimum Gasteiger partial charge on any atom is -0.339 e. The van der Waals surface area contributed by atoms with Crippen LogP contribution in [-0.2, 0) is 0 Å². The first-order chi connectivity index (χ1) is 10.7. The maximum atomic E-state index is 13.1. The Morgan fingerprint density at radius 1 is 0.955 bits per heavy atom. The average Bonchev–Trinajstić information content (AvgIpc) is 2.55. The number of rotatable bonds is 2. The van der Waals surface area contributed by atoms with Crippen LogP contribution in [0.3, 0.4) is 0 Å². The SMILES string of the molecule is C#Cc1c(-c2ccccc2)cc(-c2ccc(F)cc2)[nH]c1=N. The number of pyridine rings is 1. The Balaban J connectivity index is 2.24. The lowest BCUT2D eigenvalue weighted by Crippen LogP contribution is -2.13. The number of halogens is 1. The summed E-state index contributed by atoms with van der Waals surface area (Å²) < 4.78 is 13.1. The van der Waals surface area contributed by atoms with E-state index in [-0.39, 0.29) is 11.3 Å². The van der Waals surface area contributed by atoms with Gasteiger partial charge >= 0.3 is 0 Å². The van der Waals surface area contributed by atoms with E-state index in [1.54, 1.807) is 12.1 Å². The van der Waals surface area contributed by atoms with Crippen molar-refractivity contribution in [3.8, 4) is 34.7 Å². The van der Waals surface area contributed by atoms with Crippen LogP contribution in [0.25, 0.3) is 22.4 Å². The Labute approximate surface area is 127 Å². The molecule has 1 heterocycles. The molecule has 3 heteroatoms. The average molecular weight is 288 g/mol. The third kappa shape index (κ3) is 2.55. The zero-order chi connectivity index (χ0) is 15.5. The fourth-order valence-electron chi connectivity index (χ4n) is 2.36. The van der Waals surface area contributed by atoms with Gasteiger partial charge in [0.15, 0.2) is 0 Å². The van der Waals surface area contributed by atoms with E-state index in [4.69, 9.17) is 11.8 Å². The molecule has 3 aromatic rings. The lowest BCUT2D eigenvalue weighted by molar-refractivity contribution is 0.628. The van der Waals surface area contributed by atoms with Crippen molar-refractivity contribution in [1.82, 2.24) is 4.98 Å². The van der Waals surface area contributed by atoms with Crippen LogP contribution in [0.5, 0.6) is 0 Å². The lowest BCUT2D eigenvalue weighted by atomic mass is 9.99. The van der Waals surface area contributed by atoms with Gasteiger partial charge in [0, 0.05) is 11.3 Å². The van der Waals surface area contributed by atoms with Crippen molar-refractivity contribution in [3.05, 3.63) is 77.5 Å². The molecule has 0 fully saturated rings. The minimum absolute atomic E-state index is 0.170. The highest BCUT2D eigenvalue weighted by Crippen LogP contribution is 2.25. The van der Waals surface area contributed by atoms with Crippen molar-refractivity contribution < 1.29 is 4.39 Å². The third-order valence-corrected chi connectivity index (χ3v) is 3.45. The smallest absolute Gasteiger partial charge is 0.139 e. The van der Waals surface area contributed by atoms with Gasteiger partial charge in [-0.05, 0) is 41.5 Å². The van der Waals surface area contributed by atoms with E-state index in [0.717, 1.165) is 22.4 Å². The van der Waals surface area contributed by atoms with Crippen LogP contribution in [0, 0.1) is 23.6 Å². The molecule has 0 amide bonds. The predicted molar refractivity (Wildman–Crippen MR) is 85.4 cm³/mol. The highest BCUT2D eigenvalue weighted by molar-refractivity contribution is 5.75. The summed E-state index contributed by atoms with van der Waals surface area (Å²) in [6.07, 6.45) is 5.56. The molecule has 0 spiro atoms. The number of aromatic amines is 1. The molecule has 0 saturated heterocycles. The zero-order valence-electron chi connectivity index (χ0n) is 11.7. The number of terminal acetylenes is 1. The van der Waals surface area contributed by atoms with Crippen LogP contribution in [0.1, 0.15) is 5.56 Å². The Morgan fingerprint density at radius 3 is 2.27 bits per heavy atom. The summed E-state index contributed by atoms with van der Waals surface area (Å²) in [6, 6.07) is 17.7. The van der Waals surface area contributed by atoms with Crippen LogP contribution in [0.15, 0.2) is 60.7 Å². The molecule has 0 saturated carbocycles. The van der Waals surface area contributed by atoms with Gasteiger partial charge in [-0.1, -0.05) is 36.3 Å². The Morgan fingerprint density at radius 2 is 1.64 bits per heavy atom. The lowest BCUT2D eigenvalue weighted by Gasteiger charge is -2.10. The summed E-state index contributed by atoms with van der Waals surface area (Å²) in [4.78, 5) is 2.97. The van der Waals surface area contributed by atoms with Gasteiger partial charge in [0.1, 0.15) is 11.3 Å². The maximum absolute atomic E-state index is 13.1. The molecular weight excluding hydrogens is 275 g/mol. The van der Waals surface area contributed by atoms with Gasteiger partial charge in [-0.2, -0.15) is 0 Å². The van der Waals surface area contributed by atoms with Crippen molar-refractivity contribution in [2.24, 2.45) is 0 Å². The Hall–Kier alpha value is -3.12. The molecule has 22 heavy (non-hydrogen) atoms. The van der Waals surface area contributed by atoms with E-state index in [0.29, 0.717) is 5.56 Å². The van der Waals surface area contributed by atoms with E-state index in [2.05, 4.69) is 10.9 Å². The topological polar surface area (TPSA) is 39.6 Å². The van der Waals surface area contributed by atoms with Crippen molar-refractivity contribution in [3.63, 3.8) is 0 Å². The van der Waals surface area contributed by atoms with E-state index < -0.39 is 0 Å². The molecule has 0 aliphatic carbocycles. The van der Waals surface area contributed by atoms with Crippen molar-refractivity contribution in [2.45, 2.75) is 0 Å². The first kappa shape index (κ1) is 13.8. The van der Waals surface area contributed by atoms with Crippen LogP contribution in [0.2, 0.25) is 0 Å². The molecule has 0 aliphatic rings. The van der Waals surface area contributed by atoms with Crippen molar-refractivity contribution in [1.29, 1.82) is 5.41 Å². The van der Waals surface area contributed by atoms with Crippen LogP contribution < -0.4 is 5.49 Å². The molecule has 2 nitrogen and oxygen atoms in total. The number of hydrogen-bond donors (Lipinski definition) is 2. The highest BCUT2D eigenvalue weighted by atomic mass is 19.1. The van der Waals surface area contributed by atoms with E-state index in [1.165, 1.54) is 12.1 Å². The number of hydrogen-bond acceptors (Lipinski definition) is 1. The van der Waals surface area contributed by atoms with E-state index in [1.807, 2.05) is 36.4 Å². The van der Waals surface area contributed by atoms with Gasteiger partial charge in [0.25, 0.3) is 0 Å². The van der Waals surface area contributed by atoms with Crippen LogP contribution in [-0.4, -0.2) is 4.98 Å². The van der Waals surface area contributed by atoms with Crippen LogP contribution in [0.4, 0.5) is 4.39 Å². The van der Waals surface area contributed by atoms with Gasteiger partial charge in [0.2, 0.25) is 0 Å². The molecule has 0 atom stereocenters. The second-order valence-electron chi connectivity index (χ2n) is 4.86. The number of aromatic nitrogens is 1. The van der Waals surface area contributed by atoms with Gasteiger partial charge in [-0.3, -0.25) is 5.41 Å². The zero-order valence-corrected chi connectivity index (χ0v) is 11.7. The quantitative estimate of drug-likeness (QED) is 0.670. The molecule has 1 aromatic heterocycles. The number of nitrogens with one attached hydrogen (secondary N) is 2. The minimum atomic E-state index is -0.293. The summed E-state index contributed by atoms with van der Waals surface area (Å²) >= 11 is 0. The second kappa shape index (κ2) is 5.71. The Bertz CT molecular complexity index is 901. The van der Waals surface area contributed by atoms with Gasteiger partial charge in [0.05, 0.1) is 5.56 Å². The number of benzene rings is 2. The maximum Gasteiger partial charge on any atom is 0.139 e. The molecule has 0 aliphatic heterocycles. The van der Waals surface area contributed by atoms with Gasteiger partial charge in [-0.25, -0.2) is 4.39 Å². The first-order valence-electron chi connectivity index (χ1n) is 6.79. The molecule has 2 N–H and O–H groups in total. The molecule has 0 bridgehead atoms. The molecule has 0 radical (unpaired) electrons. The second-order valence-corrected chi connectivity index (χ2v) is 4.86. The third-order valence-electron chi connectivity index (χ3n) is 3.45. The molecule has 2 aromatic carbocycles. The van der Waals surface area contributed by atoms with E-state index in [9.17, 15) is 4.39 Å². The summed E-state index contributed by atoms with van der Waals surface area (Å²) in [5.41, 5.74) is 3.96. The number of H-pyrrole nitrogens is 1. The first-order valence-corrected chi connectivity index (χ1v) is 6.79. The summed E-state index contributed by atoms with van der Waals surface area (Å²) in [7, 11) is 0. The highest BCUT2D eigenvalue weighted by Gasteiger charge is 2.09. The summed E-state index contributed by atoms with van der Waals surface area (Å²) in [6.45, 7) is 0. The predicted octanol–water partition coefficient (Wildman–Crippen LogP) is 3.95. The van der Waals surface area contributed by atoms with Crippen molar-refractivity contribution >= 4 is 0 Å². The Kier molecular flexibility index (Phi) is 3.59. The van der Waals surface area contributed by atoms with E-state index >= 15 is 0 Å². The normalized spacial score (nSPS) is 10.2. The molecule has 0 unspecified atom stereocenters. The van der Waals surface area contributed by atoms with Crippen LogP contribution >= 0.6 is 0 Å². The monoisotopic (exact) mass is 288 g/mol. The fraction of sp³-hybridized carbons (Fsp3) is 0. The molecule has 3 rings (SSSR count).